The Hall–Kier alpha value is -1.36. The zero-order chi connectivity index (χ0) is 14.5. The average Bonchev–Trinajstić information content (AvgIpc) is 2.38. The van der Waals surface area contributed by atoms with Gasteiger partial charge in [-0.1, -0.05) is 39.0 Å². The van der Waals surface area contributed by atoms with E-state index in [0.29, 0.717) is 6.54 Å². The van der Waals surface area contributed by atoms with Crippen LogP contribution in [0.3, 0.4) is 0 Å². The summed E-state index contributed by atoms with van der Waals surface area (Å²) in [6, 6.07) is 0. The molecule has 0 rings (SSSR count). The second-order valence-electron chi connectivity index (χ2n) is 4.49. The third-order valence-corrected chi connectivity index (χ3v) is 2.83. The number of carbonyl (C=O) groups is 2. The molecule has 0 bridgehead atoms. The first-order valence-corrected chi connectivity index (χ1v) is 6.92. The summed E-state index contributed by atoms with van der Waals surface area (Å²) >= 11 is 0. The highest BCUT2D eigenvalue weighted by Gasteiger charge is 2.09. The lowest BCUT2D eigenvalue weighted by Crippen LogP contribution is -2.33. The van der Waals surface area contributed by atoms with Gasteiger partial charge in [0.15, 0.2) is 0 Å². The van der Waals surface area contributed by atoms with E-state index in [1.807, 2.05) is 0 Å². The van der Waals surface area contributed by atoms with E-state index in [2.05, 4.69) is 6.92 Å². The third-order valence-electron chi connectivity index (χ3n) is 2.83. The van der Waals surface area contributed by atoms with Crippen LogP contribution < -0.4 is 0 Å². The Bertz CT molecular complexity index is 289. The molecule has 0 unspecified atom stereocenters. The Morgan fingerprint density at radius 2 is 1.63 bits per heavy atom. The van der Waals surface area contributed by atoms with Crippen molar-refractivity contribution in [3.63, 3.8) is 0 Å². The van der Waals surface area contributed by atoms with Gasteiger partial charge in [0.2, 0.25) is 5.91 Å². The average molecular weight is 271 g/mol. The second-order valence-corrected chi connectivity index (χ2v) is 4.49. The van der Waals surface area contributed by atoms with Crippen molar-refractivity contribution in [1.29, 1.82) is 0 Å². The smallest absolute Gasteiger partial charge is 0.328 e. The molecule has 110 valence electrons. The van der Waals surface area contributed by atoms with Gasteiger partial charge in [-0.3, -0.25) is 4.79 Å². The Labute approximate surface area is 114 Å². The van der Waals surface area contributed by atoms with Crippen LogP contribution in [0.15, 0.2) is 12.2 Å². The van der Waals surface area contributed by atoms with Crippen LogP contribution in [-0.4, -0.2) is 46.7 Å². The lowest BCUT2D eigenvalue weighted by molar-refractivity contribution is -0.132. The zero-order valence-corrected chi connectivity index (χ0v) is 11.7. The molecule has 5 heteroatoms. The van der Waals surface area contributed by atoms with Crippen LogP contribution in [0.2, 0.25) is 0 Å². The van der Waals surface area contributed by atoms with Gasteiger partial charge in [-0.25, -0.2) is 4.79 Å². The van der Waals surface area contributed by atoms with Crippen LogP contribution in [0.5, 0.6) is 0 Å². The Kier molecular flexibility index (Phi) is 10.9. The fraction of sp³-hybridized carbons (Fsp3) is 0.714. The van der Waals surface area contributed by atoms with Gasteiger partial charge in [0.05, 0.1) is 6.61 Å². The number of aliphatic carboxylic acids is 1. The summed E-state index contributed by atoms with van der Waals surface area (Å²) in [6.45, 7) is 2.87. The van der Waals surface area contributed by atoms with Crippen molar-refractivity contribution >= 4 is 11.9 Å². The summed E-state index contributed by atoms with van der Waals surface area (Å²) in [4.78, 5) is 23.5. The van der Waals surface area contributed by atoms with Crippen molar-refractivity contribution in [3.05, 3.63) is 12.2 Å². The molecular formula is C14H25NO4. The molecule has 0 saturated carbocycles. The highest BCUT2D eigenvalue weighted by Crippen LogP contribution is 2.06. The van der Waals surface area contributed by atoms with Crippen LogP contribution in [0.25, 0.3) is 0 Å². The summed E-state index contributed by atoms with van der Waals surface area (Å²) in [5, 5.41) is 17.4. The van der Waals surface area contributed by atoms with Crippen LogP contribution in [0.1, 0.15) is 45.4 Å². The largest absolute Gasteiger partial charge is 0.478 e. The van der Waals surface area contributed by atoms with Gasteiger partial charge in [0, 0.05) is 25.2 Å². The molecule has 0 aliphatic rings. The standard InChI is InChI=1S/C14H25NO4/c1-2-3-4-5-6-7-10-15(11-12-16)13(17)8-9-14(18)19/h8-9,16H,2-7,10-12H2,1H3,(H,18,19)/b9-8-. The summed E-state index contributed by atoms with van der Waals surface area (Å²) < 4.78 is 0. The monoisotopic (exact) mass is 271 g/mol. The number of carboxylic acids is 1. The number of nitrogens with zero attached hydrogens (tertiary/aromatic N) is 1. The molecule has 0 aliphatic heterocycles. The molecule has 0 aromatic rings. The van der Waals surface area contributed by atoms with Crippen molar-refractivity contribution in [3.8, 4) is 0 Å². The molecule has 0 heterocycles. The number of hydrogen-bond donors (Lipinski definition) is 2. The molecule has 0 radical (unpaired) electrons. The van der Waals surface area contributed by atoms with Gasteiger partial charge < -0.3 is 15.1 Å². The van der Waals surface area contributed by atoms with E-state index in [-0.39, 0.29) is 19.1 Å². The van der Waals surface area contributed by atoms with Gasteiger partial charge in [-0.05, 0) is 6.42 Å². The number of amides is 1. The van der Waals surface area contributed by atoms with Crippen LogP contribution in [0, 0.1) is 0 Å². The maximum absolute atomic E-state index is 11.7. The molecule has 0 saturated heterocycles. The van der Waals surface area contributed by atoms with E-state index in [0.717, 1.165) is 31.4 Å². The van der Waals surface area contributed by atoms with Gasteiger partial charge in [-0.2, -0.15) is 0 Å². The van der Waals surface area contributed by atoms with E-state index >= 15 is 0 Å². The molecule has 2 N–H and O–H groups in total. The molecule has 0 spiro atoms. The Morgan fingerprint density at radius 1 is 1.00 bits per heavy atom. The number of aliphatic hydroxyl groups excluding tert-OH is 1. The minimum Gasteiger partial charge on any atom is -0.478 e. The van der Waals surface area contributed by atoms with Gasteiger partial charge in [0.1, 0.15) is 0 Å². The predicted octanol–water partition coefficient (Wildman–Crippen LogP) is 1.81. The van der Waals surface area contributed by atoms with Crippen molar-refractivity contribution in [2.24, 2.45) is 0 Å². The second kappa shape index (κ2) is 11.7. The van der Waals surface area contributed by atoms with Gasteiger partial charge in [0.25, 0.3) is 0 Å². The number of rotatable bonds is 11. The zero-order valence-electron chi connectivity index (χ0n) is 11.7. The highest BCUT2D eigenvalue weighted by molar-refractivity contribution is 5.93. The summed E-state index contributed by atoms with van der Waals surface area (Å²) in [6.07, 6.45) is 8.61. The molecular weight excluding hydrogens is 246 g/mol. The van der Waals surface area contributed by atoms with Crippen LogP contribution in [-0.2, 0) is 9.59 Å². The molecule has 5 nitrogen and oxygen atoms in total. The number of unbranched alkanes of at least 4 members (excludes halogenated alkanes) is 5. The van der Waals surface area contributed by atoms with Gasteiger partial charge in [-0.15, -0.1) is 0 Å². The molecule has 0 aromatic carbocycles. The molecule has 19 heavy (non-hydrogen) atoms. The number of carbonyl (C=O) groups excluding carboxylic acids is 1. The number of hydrogen-bond acceptors (Lipinski definition) is 3. The lowest BCUT2D eigenvalue weighted by atomic mass is 10.1. The van der Waals surface area contributed by atoms with Crippen molar-refractivity contribution in [2.45, 2.75) is 45.4 Å². The quantitative estimate of drug-likeness (QED) is 0.444. The van der Waals surface area contributed by atoms with E-state index in [9.17, 15) is 9.59 Å². The molecule has 0 aliphatic carbocycles. The minimum atomic E-state index is -1.14. The highest BCUT2D eigenvalue weighted by atomic mass is 16.4. The first-order valence-electron chi connectivity index (χ1n) is 6.92. The van der Waals surface area contributed by atoms with Crippen molar-refractivity contribution in [1.82, 2.24) is 4.90 Å². The molecule has 0 fully saturated rings. The minimum absolute atomic E-state index is 0.109. The lowest BCUT2D eigenvalue weighted by Gasteiger charge is -2.19. The van der Waals surface area contributed by atoms with Gasteiger partial charge >= 0.3 is 5.97 Å². The molecule has 0 aromatic heterocycles. The normalized spacial score (nSPS) is 10.8. The maximum atomic E-state index is 11.7. The number of aliphatic hydroxyl groups is 1. The fourth-order valence-electron chi connectivity index (χ4n) is 1.78. The predicted molar refractivity (Wildman–Crippen MR) is 73.8 cm³/mol. The molecule has 1 amide bonds. The first-order chi connectivity index (χ1) is 9.11. The first kappa shape index (κ1) is 17.6. The Morgan fingerprint density at radius 3 is 2.21 bits per heavy atom. The van der Waals surface area contributed by atoms with Crippen LogP contribution in [0.4, 0.5) is 0 Å². The summed E-state index contributed by atoms with van der Waals surface area (Å²) in [5.74, 6) is -1.50. The SMILES string of the molecule is CCCCCCCCN(CCO)C(=O)/C=C\C(=O)O. The van der Waals surface area contributed by atoms with Crippen LogP contribution >= 0.6 is 0 Å². The van der Waals surface area contributed by atoms with E-state index in [1.54, 1.807) is 0 Å². The Balaban J connectivity index is 3.97. The summed E-state index contributed by atoms with van der Waals surface area (Å²) in [5.41, 5.74) is 0. The maximum Gasteiger partial charge on any atom is 0.328 e. The van der Waals surface area contributed by atoms with E-state index in [4.69, 9.17) is 10.2 Å². The van der Waals surface area contributed by atoms with Crippen molar-refractivity contribution < 1.29 is 19.8 Å². The number of carboxylic acid groups (broad SMARTS) is 1. The third kappa shape index (κ3) is 10.3. The summed E-state index contributed by atoms with van der Waals surface area (Å²) in [7, 11) is 0. The molecule has 0 atom stereocenters. The van der Waals surface area contributed by atoms with E-state index in [1.165, 1.54) is 24.2 Å². The van der Waals surface area contributed by atoms with E-state index < -0.39 is 5.97 Å². The fourth-order valence-corrected chi connectivity index (χ4v) is 1.78. The topological polar surface area (TPSA) is 77.8 Å². The van der Waals surface area contributed by atoms with Crippen molar-refractivity contribution in [2.75, 3.05) is 19.7 Å².